The first-order chi connectivity index (χ1) is 7.95. The number of hydrogen-bond donors (Lipinski definition) is 1. The van der Waals surface area contributed by atoms with Crippen LogP contribution in [0.2, 0.25) is 0 Å². The standard InChI is InChI=1S/C11H25N3O2S/c1-11(2)10-13-5-7-14(8-6-13)17(15,16)9-3-4-12/h11H,3-10,12H2,1-2H3. The second-order valence-electron chi connectivity index (χ2n) is 5.05. The monoisotopic (exact) mass is 263 g/mol. The molecule has 102 valence electrons. The van der Waals surface area contributed by atoms with Crippen molar-refractivity contribution < 1.29 is 8.42 Å². The minimum absolute atomic E-state index is 0.188. The van der Waals surface area contributed by atoms with Crippen molar-refractivity contribution in [2.45, 2.75) is 20.3 Å². The average Bonchev–Trinajstić information content (AvgIpc) is 2.26. The van der Waals surface area contributed by atoms with E-state index in [1.54, 1.807) is 4.31 Å². The average molecular weight is 263 g/mol. The molecule has 1 rings (SSSR count). The molecule has 0 bridgehead atoms. The van der Waals surface area contributed by atoms with Crippen LogP contribution in [0.15, 0.2) is 0 Å². The molecule has 0 spiro atoms. The summed E-state index contributed by atoms with van der Waals surface area (Å²) < 4.78 is 25.5. The summed E-state index contributed by atoms with van der Waals surface area (Å²) in [6, 6.07) is 0. The molecule has 0 saturated carbocycles. The topological polar surface area (TPSA) is 66.6 Å². The Hall–Kier alpha value is -0.170. The molecule has 0 aromatic rings. The van der Waals surface area contributed by atoms with Gasteiger partial charge in [0.25, 0.3) is 0 Å². The fraction of sp³-hybridized carbons (Fsp3) is 1.00. The number of piperazine rings is 1. The Morgan fingerprint density at radius 1 is 1.18 bits per heavy atom. The summed E-state index contributed by atoms with van der Waals surface area (Å²) in [7, 11) is -3.07. The molecule has 0 atom stereocenters. The van der Waals surface area contributed by atoms with Gasteiger partial charge in [0, 0.05) is 32.7 Å². The fourth-order valence-corrected chi connectivity index (χ4v) is 3.61. The van der Waals surface area contributed by atoms with Crippen molar-refractivity contribution >= 4 is 10.0 Å². The van der Waals surface area contributed by atoms with Gasteiger partial charge in [0.1, 0.15) is 0 Å². The lowest BCUT2D eigenvalue weighted by Crippen LogP contribution is -2.50. The summed E-state index contributed by atoms with van der Waals surface area (Å²) in [5.41, 5.74) is 5.35. The molecule has 0 amide bonds. The van der Waals surface area contributed by atoms with Crippen LogP contribution in [0.5, 0.6) is 0 Å². The predicted molar refractivity (Wildman–Crippen MR) is 70.3 cm³/mol. The molecule has 5 nitrogen and oxygen atoms in total. The van der Waals surface area contributed by atoms with Crippen molar-refractivity contribution in [1.29, 1.82) is 0 Å². The zero-order valence-corrected chi connectivity index (χ0v) is 11.7. The quantitative estimate of drug-likeness (QED) is 0.729. The molecule has 0 aromatic carbocycles. The van der Waals surface area contributed by atoms with Crippen LogP contribution in [0.4, 0.5) is 0 Å². The van der Waals surface area contributed by atoms with E-state index in [2.05, 4.69) is 18.7 Å². The van der Waals surface area contributed by atoms with Gasteiger partial charge >= 0.3 is 0 Å². The van der Waals surface area contributed by atoms with E-state index in [0.29, 0.717) is 32.0 Å². The summed E-state index contributed by atoms with van der Waals surface area (Å²) >= 11 is 0. The molecule has 1 heterocycles. The minimum atomic E-state index is -3.07. The lowest BCUT2D eigenvalue weighted by Gasteiger charge is -2.34. The Bertz CT molecular complexity index is 309. The van der Waals surface area contributed by atoms with Gasteiger partial charge in [-0.2, -0.15) is 4.31 Å². The molecule has 0 radical (unpaired) electrons. The van der Waals surface area contributed by atoms with Crippen molar-refractivity contribution in [3.8, 4) is 0 Å². The smallest absolute Gasteiger partial charge is 0.214 e. The fourth-order valence-electron chi connectivity index (χ4n) is 2.10. The van der Waals surface area contributed by atoms with Crippen LogP contribution in [0.25, 0.3) is 0 Å². The first-order valence-electron chi connectivity index (χ1n) is 6.36. The molecule has 1 aliphatic heterocycles. The highest BCUT2D eigenvalue weighted by Gasteiger charge is 2.26. The molecule has 0 aliphatic carbocycles. The van der Waals surface area contributed by atoms with E-state index in [1.807, 2.05) is 0 Å². The van der Waals surface area contributed by atoms with Crippen LogP contribution in [0, 0.1) is 5.92 Å². The summed E-state index contributed by atoms with van der Waals surface area (Å²) in [5, 5.41) is 0. The SMILES string of the molecule is CC(C)CN1CCN(S(=O)(=O)CCCN)CC1. The van der Waals surface area contributed by atoms with E-state index >= 15 is 0 Å². The maximum atomic E-state index is 11.9. The molecule has 6 heteroatoms. The highest BCUT2D eigenvalue weighted by atomic mass is 32.2. The molecule has 17 heavy (non-hydrogen) atoms. The molecular weight excluding hydrogens is 238 g/mol. The Morgan fingerprint density at radius 2 is 1.76 bits per heavy atom. The summed E-state index contributed by atoms with van der Waals surface area (Å²) in [5.74, 6) is 0.823. The van der Waals surface area contributed by atoms with E-state index < -0.39 is 10.0 Å². The second kappa shape index (κ2) is 6.68. The van der Waals surface area contributed by atoms with E-state index in [0.717, 1.165) is 19.6 Å². The molecule has 0 unspecified atom stereocenters. The summed E-state index contributed by atoms with van der Waals surface area (Å²) in [4.78, 5) is 2.33. The molecule has 0 aromatic heterocycles. The van der Waals surface area contributed by atoms with Gasteiger partial charge < -0.3 is 10.6 Å². The summed E-state index contributed by atoms with van der Waals surface area (Å²) in [6.45, 7) is 8.80. The van der Waals surface area contributed by atoms with Gasteiger partial charge in [-0.25, -0.2) is 8.42 Å². The van der Waals surface area contributed by atoms with E-state index in [4.69, 9.17) is 5.73 Å². The summed E-state index contributed by atoms with van der Waals surface area (Å²) in [6.07, 6.45) is 0.550. The number of hydrogen-bond acceptors (Lipinski definition) is 4. The van der Waals surface area contributed by atoms with Crippen LogP contribution in [-0.2, 0) is 10.0 Å². The molecule has 1 aliphatic rings. The molecular formula is C11H25N3O2S. The molecule has 1 fully saturated rings. The third-order valence-corrected chi connectivity index (χ3v) is 4.91. The van der Waals surface area contributed by atoms with Crippen molar-refractivity contribution in [3.63, 3.8) is 0 Å². The van der Waals surface area contributed by atoms with Gasteiger partial charge in [-0.15, -0.1) is 0 Å². The Balaban J connectivity index is 2.40. The minimum Gasteiger partial charge on any atom is -0.330 e. The van der Waals surface area contributed by atoms with Gasteiger partial charge in [0.2, 0.25) is 10.0 Å². The number of nitrogens with zero attached hydrogens (tertiary/aromatic N) is 2. The Morgan fingerprint density at radius 3 is 2.24 bits per heavy atom. The van der Waals surface area contributed by atoms with Crippen LogP contribution in [-0.4, -0.2) is 62.6 Å². The molecule has 2 N–H and O–H groups in total. The van der Waals surface area contributed by atoms with Gasteiger partial charge in [0.05, 0.1) is 5.75 Å². The Labute approximate surface area is 105 Å². The van der Waals surface area contributed by atoms with Gasteiger partial charge in [0.15, 0.2) is 0 Å². The zero-order valence-electron chi connectivity index (χ0n) is 10.9. The maximum Gasteiger partial charge on any atom is 0.214 e. The predicted octanol–water partition coefficient (Wildman–Crippen LogP) is -0.0614. The van der Waals surface area contributed by atoms with Crippen LogP contribution < -0.4 is 5.73 Å². The van der Waals surface area contributed by atoms with Crippen molar-refractivity contribution in [3.05, 3.63) is 0 Å². The number of nitrogens with two attached hydrogens (primary N) is 1. The largest absolute Gasteiger partial charge is 0.330 e. The lowest BCUT2D eigenvalue weighted by molar-refractivity contribution is 0.172. The normalized spacial score (nSPS) is 20.0. The second-order valence-corrected chi connectivity index (χ2v) is 7.14. The first kappa shape index (κ1) is 14.9. The number of rotatable bonds is 6. The third-order valence-electron chi connectivity index (χ3n) is 2.95. The van der Waals surface area contributed by atoms with E-state index in [-0.39, 0.29) is 5.75 Å². The first-order valence-corrected chi connectivity index (χ1v) is 7.97. The highest BCUT2D eigenvalue weighted by molar-refractivity contribution is 7.89. The van der Waals surface area contributed by atoms with Crippen molar-refractivity contribution in [1.82, 2.24) is 9.21 Å². The number of sulfonamides is 1. The highest BCUT2D eigenvalue weighted by Crippen LogP contribution is 2.10. The van der Waals surface area contributed by atoms with Crippen LogP contribution in [0.1, 0.15) is 20.3 Å². The lowest BCUT2D eigenvalue weighted by atomic mass is 10.2. The van der Waals surface area contributed by atoms with E-state index in [1.165, 1.54) is 0 Å². The van der Waals surface area contributed by atoms with Gasteiger partial charge in [-0.3, -0.25) is 0 Å². The Kier molecular flexibility index (Phi) is 5.85. The van der Waals surface area contributed by atoms with Crippen LogP contribution in [0.3, 0.4) is 0 Å². The van der Waals surface area contributed by atoms with Gasteiger partial charge in [-0.1, -0.05) is 13.8 Å². The van der Waals surface area contributed by atoms with E-state index in [9.17, 15) is 8.42 Å². The maximum absolute atomic E-state index is 11.9. The molecule has 1 saturated heterocycles. The van der Waals surface area contributed by atoms with Crippen molar-refractivity contribution in [2.75, 3.05) is 45.0 Å². The van der Waals surface area contributed by atoms with Gasteiger partial charge in [-0.05, 0) is 18.9 Å². The van der Waals surface area contributed by atoms with Crippen LogP contribution >= 0.6 is 0 Å². The third kappa shape index (κ3) is 4.91. The zero-order chi connectivity index (χ0) is 12.9. The van der Waals surface area contributed by atoms with Crippen molar-refractivity contribution in [2.24, 2.45) is 11.7 Å².